The number of aromatic nitrogens is 1. The van der Waals surface area contributed by atoms with Crippen molar-refractivity contribution in [1.29, 1.82) is 0 Å². The normalized spacial score (nSPS) is 12.4. The molecule has 0 saturated heterocycles. The molecule has 0 aliphatic carbocycles. The quantitative estimate of drug-likeness (QED) is 0.846. The molecule has 1 N–H and O–H groups in total. The van der Waals surface area contributed by atoms with Gasteiger partial charge in [-0.15, -0.1) is 0 Å². The van der Waals surface area contributed by atoms with Crippen LogP contribution in [0, 0.1) is 6.92 Å². The maximum absolute atomic E-state index is 4.39. The van der Waals surface area contributed by atoms with Crippen molar-refractivity contribution in [2.75, 3.05) is 7.05 Å². The van der Waals surface area contributed by atoms with Crippen molar-refractivity contribution < 1.29 is 0 Å². The van der Waals surface area contributed by atoms with Crippen molar-refractivity contribution >= 4 is 0 Å². The summed E-state index contributed by atoms with van der Waals surface area (Å²) in [6.45, 7) is 2.10. The summed E-state index contributed by atoms with van der Waals surface area (Å²) in [5.74, 6) is 0. The van der Waals surface area contributed by atoms with Crippen LogP contribution >= 0.6 is 0 Å². The summed E-state index contributed by atoms with van der Waals surface area (Å²) < 4.78 is 0. The van der Waals surface area contributed by atoms with Crippen LogP contribution < -0.4 is 5.32 Å². The van der Waals surface area contributed by atoms with E-state index in [2.05, 4.69) is 41.5 Å². The zero-order valence-corrected chi connectivity index (χ0v) is 9.64. The fourth-order valence-electron chi connectivity index (χ4n) is 1.79. The van der Waals surface area contributed by atoms with E-state index in [9.17, 15) is 0 Å². The van der Waals surface area contributed by atoms with E-state index < -0.39 is 0 Å². The van der Waals surface area contributed by atoms with Gasteiger partial charge in [0.05, 0.1) is 11.7 Å². The summed E-state index contributed by atoms with van der Waals surface area (Å²) in [7, 11) is 1.96. The number of benzene rings is 1. The van der Waals surface area contributed by atoms with Gasteiger partial charge in [-0.1, -0.05) is 35.9 Å². The Morgan fingerprint density at radius 3 is 2.38 bits per heavy atom. The lowest BCUT2D eigenvalue weighted by Crippen LogP contribution is -2.18. The predicted octanol–water partition coefficient (Wildman–Crippen LogP) is 2.70. The molecule has 0 aliphatic rings. The Morgan fingerprint density at radius 1 is 1.06 bits per heavy atom. The van der Waals surface area contributed by atoms with Crippen LogP contribution in [0.15, 0.2) is 48.7 Å². The lowest BCUT2D eigenvalue weighted by atomic mass is 10.0. The number of pyridine rings is 1. The first-order chi connectivity index (χ1) is 7.81. The molecule has 1 aromatic carbocycles. The molecule has 0 unspecified atom stereocenters. The second-order valence-electron chi connectivity index (χ2n) is 3.89. The van der Waals surface area contributed by atoms with E-state index in [1.165, 1.54) is 11.1 Å². The Morgan fingerprint density at radius 2 is 1.81 bits per heavy atom. The van der Waals surface area contributed by atoms with Gasteiger partial charge in [-0.05, 0) is 31.7 Å². The van der Waals surface area contributed by atoms with Gasteiger partial charge in [0, 0.05) is 6.20 Å². The van der Waals surface area contributed by atoms with Crippen LogP contribution in [0.2, 0.25) is 0 Å². The summed E-state index contributed by atoms with van der Waals surface area (Å²) >= 11 is 0. The lowest BCUT2D eigenvalue weighted by Gasteiger charge is -2.16. The highest BCUT2D eigenvalue weighted by atomic mass is 14.9. The molecule has 1 aromatic heterocycles. The Hall–Kier alpha value is -1.67. The van der Waals surface area contributed by atoms with Gasteiger partial charge in [-0.25, -0.2) is 0 Å². The number of rotatable bonds is 3. The molecule has 82 valence electrons. The topological polar surface area (TPSA) is 24.9 Å². The summed E-state index contributed by atoms with van der Waals surface area (Å²) in [5, 5.41) is 3.29. The van der Waals surface area contributed by atoms with Gasteiger partial charge in [-0.2, -0.15) is 0 Å². The Kier molecular flexibility index (Phi) is 3.32. The first kappa shape index (κ1) is 10.8. The molecule has 0 fully saturated rings. The predicted molar refractivity (Wildman–Crippen MR) is 66.3 cm³/mol. The van der Waals surface area contributed by atoms with Crippen LogP contribution in [-0.2, 0) is 0 Å². The van der Waals surface area contributed by atoms with Crippen LogP contribution in [0.4, 0.5) is 0 Å². The Balaban J connectivity index is 2.33. The summed E-state index contributed by atoms with van der Waals surface area (Å²) in [6, 6.07) is 14.7. The fraction of sp³-hybridized carbons (Fsp3) is 0.214. The largest absolute Gasteiger partial charge is 0.308 e. The van der Waals surface area contributed by atoms with E-state index in [1.54, 1.807) is 0 Å². The third-order valence-electron chi connectivity index (χ3n) is 2.68. The van der Waals surface area contributed by atoms with Crippen molar-refractivity contribution in [3.63, 3.8) is 0 Å². The second kappa shape index (κ2) is 4.90. The van der Waals surface area contributed by atoms with Crippen molar-refractivity contribution in [3.8, 4) is 0 Å². The van der Waals surface area contributed by atoms with Crippen LogP contribution in [-0.4, -0.2) is 12.0 Å². The number of nitrogens with zero attached hydrogens (tertiary/aromatic N) is 1. The van der Waals surface area contributed by atoms with Gasteiger partial charge in [0.2, 0.25) is 0 Å². The van der Waals surface area contributed by atoms with Gasteiger partial charge >= 0.3 is 0 Å². The maximum Gasteiger partial charge on any atom is 0.0748 e. The van der Waals surface area contributed by atoms with Crippen LogP contribution in [0.25, 0.3) is 0 Å². The molecule has 0 aliphatic heterocycles. The van der Waals surface area contributed by atoms with E-state index >= 15 is 0 Å². The average molecular weight is 212 g/mol. The molecule has 1 atom stereocenters. The Bertz CT molecular complexity index is 434. The molecule has 0 bridgehead atoms. The minimum absolute atomic E-state index is 0.168. The monoisotopic (exact) mass is 212 g/mol. The molecule has 0 saturated carbocycles. The number of nitrogens with one attached hydrogen (secondary N) is 1. The van der Waals surface area contributed by atoms with Crippen molar-refractivity contribution in [1.82, 2.24) is 10.3 Å². The van der Waals surface area contributed by atoms with Gasteiger partial charge in [-0.3, -0.25) is 4.98 Å². The number of hydrogen-bond acceptors (Lipinski definition) is 2. The Labute approximate surface area is 96.4 Å². The van der Waals surface area contributed by atoms with E-state index in [-0.39, 0.29) is 6.04 Å². The molecule has 0 radical (unpaired) electrons. The third kappa shape index (κ3) is 2.28. The third-order valence-corrected chi connectivity index (χ3v) is 2.68. The van der Waals surface area contributed by atoms with E-state index in [0.29, 0.717) is 0 Å². The van der Waals surface area contributed by atoms with Crippen molar-refractivity contribution in [2.24, 2.45) is 0 Å². The zero-order chi connectivity index (χ0) is 11.4. The number of aryl methyl sites for hydroxylation is 1. The molecule has 0 spiro atoms. The molecule has 2 heteroatoms. The molecule has 2 nitrogen and oxygen atoms in total. The first-order valence-electron chi connectivity index (χ1n) is 5.46. The van der Waals surface area contributed by atoms with Crippen LogP contribution in [0.3, 0.4) is 0 Å². The van der Waals surface area contributed by atoms with Gasteiger partial charge in [0.25, 0.3) is 0 Å². The van der Waals surface area contributed by atoms with Gasteiger partial charge in [0.15, 0.2) is 0 Å². The molecular weight excluding hydrogens is 196 g/mol. The molecule has 2 rings (SSSR count). The minimum atomic E-state index is 0.168. The second-order valence-corrected chi connectivity index (χ2v) is 3.89. The molecule has 1 heterocycles. The van der Waals surface area contributed by atoms with Crippen LogP contribution in [0.5, 0.6) is 0 Å². The highest BCUT2D eigenvalue weighted by molar-refractivity contribution is 5.29. The smallest absolute Gasteiger partial charge is 0.0748 e. The lowest BCUT2D eigenvalue weighted by molar-refractivity contribution is 0.671. The summed E-state index contributed by atoms with van der Waals surface area (Å²) in [6.07, 6.45) is 1.83. The standard InChI is InChI=1S/C14H16N2/c1-11-6-8-12(9-7-11)14(15-2)13-5-3-4-10-16-13/h3-10,14-15H,1-2H3/t14-/m1/s1. The van der Waals surface area contributed by atoms with Crippen molar-refractivity contribution in [3.05, 3.63) is 65.5 Å². The molecular formula is C14H16N2. The zero-order valence-electron chi connectivity index (χ0n) is 9.64. The van der Waals surface area contributed by atoms with Gasteiger partial charge < -0.3 is 5.32 Å². The highest BCUT2D eigenvalue weighted by Crippen LogP contribution is 2.19. The van der Waals surface area contributed by atoms with E-state index in [0.717, 1.165) is 5.69 Å². The number of hydrogen-bond donors (Lipinski definition) is 1. The highest BCUT2D eigenvalue weighted by Gasteiger charge is 2.11. The van der Waals surface area contributed by atoms with Crippen LogP contribution in [0.1, 0.15) is 22.9 Å². The average Bonchev–Trinajstić information content (AvgIpc) is 2.34. The minimum Gasteiger partial charge on any atom is -0.308 e. The van der Waals surface area contributed by atoms with E-state index in [1.807, 2.05) is 31.4 Å². The molecule has 0 amide bonds. The van der Waals surface area contributed by atoms with Crippen molar-refractivity contribution in [2.45, 2.75) is 13.0 Å². The molecule has 2 aromatic rings. The van der Waals surface area contributed by atoms with Gasteiger partial charge in [0.1, 0.15) is 0 Å². The fourth-order valence-corrected chi connectivity index (χ4v) is 1.79. The maximum atomic E-state index is 4.39. The molecule has 16 heavy (non-hydrogen) atoms. The summed E-state index contributed by atoms with van der Waals surface area (Å²) in [4.78, 5) is 4.39. The summed E-state index contributed by atoms with van der Waals surface area (Å²) in [5.41, 5.74) is 3.57. The SMILES string of the molecule is CN[C@H](c1ccc(C)cc1)c1ccccn1. The van der Waals surface area contributed by atoms with E-state index in [4.69, 9.17) is 0 Å². The first-order valence-corrected chi connectivity index (χ1v) is 5.46.